The van der Waals surface area contributed by atoms with Crippen molar-refractivity contribution in [2.24, 2.45) is 0 Å². The topological polar surface area (TPSA) is 20.2 Å². The van der Waals surface area contributed by atoms with Gasteiger partial charge in [-0.15, -0.1) is 0 Å². The Labute approximate surface area is 117 Å². The third-order valence-electron chi connectivity index (χ3n) is 2.78. The summed E-state index contributed by atoms with van der Waals surface area (Å²) < 4.78 is 49.6. The lowest BCUT2D eigenvalue weighted by Crippen LogP contribution is -2.28. The minimum Gasteiger partial charge on any atom is -0.390 e. The van der Waals surface area contributed by atoms with Gasteiger partial charge in [0.25, 0.3) is 0 Å². The molecule has 1 nitrogen and oxygen atoms in total. The zero-order valence-corrected chi connectivity index (χ0v) is 12.0. The van der Waals surface area contributed by atoms with Crippen LogP contribution in [-0.4, -0.2) is 16.9 Å². The largest absolute Gasteiger partial charge is 0.390 e. The van der Waals surface area contributed by atoms with Crippen LogP contribution in [0.2, 0.25) is 0 Å². The highest BCUT2D eigenvalue weighted by Gasteiger charge is 2.29. The molecule has 0 saturated carbocycles. The molecule has 1 aromatic carbocycles. The van der Waals surface area contributed by atoms with Crippen molar-refractivity contribution in [1.29, 1.82) is 0 Å². The van der Waals surface area contributed by atoms with Gasteiger partial charge in [0.2, 0.25) is 0 Å². The number of alkyl halides is 3. The standard InChI is InChI=1S/C13H15BrF4O/c1-12(19,6-3-7-13(16,17)18)8-9-4-2-5-10(15)11(9)14/h2,4-5,19H,3,6-8H2,1H3. The van der Waals surface area contributed by atoms with E-state index in [2.05, 4.69) is 15.9 Å². The fraction of sp³-hybridized carbons (Fsp3) is 0.538. The van der Waals surface area contributed by atoms with Gasteiger partial charge in [-0.3, -0.25) is 0 Å². The molecule has 0 spiro atoms. The highest BCUT2D eigenvalue weighted by molar-refractivity contribution is 9.10. The quantitative estimate of drug-likeness (QED) is 0.774. The molecule has 0 radical (unpaired) electrons. The maximum atomic E-state index is 13.3. The molecule has 0 amide bonds. The first kappa shape index (κ1) is 16.4. The van der Waals surface area contributed by atoms with Crippen LogP contribution < -0.4 is 0 Å². The Bertz CT molecular complexity index is 429. The Morgan fingerprint density at radius 2 is 1.84 bits per heavy atom. The molecular formula is C13H15BrF4O. The maximum absolute atomic E-state index is 13.3. The number of halogens is 5. The SMILES string of the molecule is CC(O)(CCCC(F)(F)F)Cc1cccc(F)c1Br. The van der Waals surface area contributed by atoms with Gasteiger partial charge in [0.1, 0.15) is 5.82 Å². The molecule has 0 aliphatic heterocycles. The molecule has 1 rings (SSSR count). The van der Waals surface area contributed by atoms with E-state index >= 15 is 0 Å². The third-order valence-corrected chi connectivity index (χ3v) is 3.67. The van der Waals surface area contributed by atoms with Crippen LogP contribution in [0.3, 0.4) is 0 Å². The van der Waals surface area contributed by atoms with E-state index in [1.165, 1.54) is 19.1 Å². The predicted molar refractivity (Wildman–Crippen MR) is 68.3 cm³/mol. The summed E-state index contributed by atoms with van der Waals surface area (Å²) in [6, 6.07) is 4.40. The molecule has 1 unspecified atom stereocenters. The molecule has 19 heavy (non-hydrogen) atoms. The zero-order valence-electron chi connectivity index (χ0n) is 10.4. The van der Waals surface area contributed by atoms with Gasteiger partial charge in [0, 0.05) is 12.8 Å². The van der Waals surface area contributed by atoms with E-state index in [1.807, 2.05) is 0 Å². The maximum Gasteiger partial charge on any atom is 0.389 e. The fourth-order valence-corrected chi connectivity index (χ4v) is 2.26. The van der Waals surface area contributed by atoms with Crippen molar-refractivity contribution in [1.82, 2.24) is 0 Å². The van der Waals surface area contributed by atoms with Crippen molar-refractivity contribution < 1.29 is 22.7 Å². The summed E-state index contributed by atoms with van der Waals surface area (Å²) in [5.41, 5.74) is -0.751. The first-order valence-electron chi connectivity index (χ1n) is 5.83. The minimum atomic E-state index is -4.21. The van der Waals surface area contributed by atoms with Gasteiger partial charge in [-0.2, -0.15) is 13.2 Å². The van der Waals surface area contributed by atoms with E-state index < -0.39 is 24.0 Å². The molecule has 0 bridgehead atoms. The van der Waals surface area contributed by atoms with E-state index in [4.69, 9.17) is 0 Å². The zero-order chi connectivity index (χ0) is 14.7. The third kappa shape index (κ3) is 5.91. The van der Waals surface area contributed by atoms with Crippen LogP contribution >= 0.6 is 15.9 Å². The Balaban J connectivity index is 2.61. The molecule has 1 N–H and O–H groups in total. The highest BCUT2D eigenvalue weighted by Crippen LogP contribution is 2.29. The van der Waals surface area contributed by atoms with Crippen molar-refractivity contribution >= 4 is 15.9 Å². The smallest absolute Gasteiger partial charge is 0.389 e. The number of aliphatic hydroxyl groups is 1. The summed E-state index contributed by atoms with van der Waals surface area (Å²) in [5, 5.41) is 10.1. The monoisotopic (exact) mass is 342 g/mol. The van der Waals surface area contributed by atoms with E-state index in [9.17, 15) is 22.7 Å². The van der Waals surface area contributed by atoms with E-state index in [1.54, 1.807) is 6.07 Å². The first-order chi connectivity index (χ1) is 8.61. The van der Waals surface area contributed by atoms with Crippen molar-refractivity contribution in [3.05, 3.63) is 34.1 Å². The molecule has 0 aliphatic rings. The number of benzene rings is 1. The Kier molecular flexibility index (Phi) is 5.38. The summed E-state index contributed by atoms with van der Waals surface area (Å²) >= 11 is 3.07. The Hall–Kier alpha value is -0.620. The summed E-state index contributed by atoms with van der Waals surface area (Å²) in [4.78, 5) is 0. The van der Waals surface area contributed by atoms with Crippen LogP contribution in [0.15, 0.2) is 22.7 Å². The molecule has 0 heterocycles. The highest BCUT2D eigenvalue weighted by atomic mass is 79.9. The second kappa shape index (κ2) is 6.22. The molecule has 1 atom stereocenters. The van der Waals surface area contributed by atoms with Crippen molar-refractivity contribution in [2.75, 3.05) is 0 Å². The lowest BCUT2D eigenvalue weighted by molar-refractivity contribution is -0.137. The van der Waals surface area contributed by atoms with Gasteiger partial charge >= 0.3 is 6.18 Å². The fourth-order valence-electron chi connectivity index (χ4n) is 1.85. The number of rotatable bonds is 5. The minimum absolute atomic E-state index is 0.00939. The molecule has 108 valence electrons. The van der Waals surface area contributed by atoms with E-state index in [0.717, 1.165) is 0 Å². The molecule has 0 fully saturated rings. The predicted octanol–water partition coefficient (Wildman–Crippen LogP) is 4.61. The van der Waals surface area contributed by atoms with E-state index in [0.29, 0.717) is 5.56 Å². The van der Waals surface area contributed by atoms with Gasteiger partial charge in [-0.25, -0.2) is 4.39 Å². The molecule has 1 aromatic rings. The lowest BCUT2D eigenvalue weighted by atomic mass is 9.91. The normalized spacial score (nSPS) is 15.3. The second-order valence-electron chi connectivity index (χ2n) is 4.86. The molecule has 0 saturated heterocycles. The summed E-state index contributed by atoms with van der Waals surface area (Å²) in [7, 11) is 0. The molecular weight excluding hydrogens is 328 g/mol. The Morgan fingerprint density at radius 3 is 2.42 bits per heavy atom. The van der Waals surface area contributed by atoms with Gasteiger partial charge in [-0.05, 0) is 47.3 Å². The van der Waals surface area contributed by atoms with Crippen LogP contribution in [0.5, 0.6) is 0 Å². The van der Waals surface area contributed by atoms with Crippen LogP contribution in [0.25, 0.3) is 0 Å². The van der Waals surface area contributed by atoms with Gasteiger partial charge in [0.05, 0.1) is 10.1 Å². The number of hydrogen-bond acceptors (Lipinski definition) is 1. The molecule has 0 aromatic heterocycles. The number of hydrogen-bond donors (Lipinski definition) is 1. The average molecular weight is 343 g/mol. The Morgan fingerprint density at radius 1 is 1.21 bits per heavy atom. The summed E-state index contributed by atoms with van der Waals surface area (Å²) in [5.74, 6) is -0.455. The van der Waals surface area contributed by atoms with Crippen molar-refractivity contribution in [3.8, 4) is 0 Å². The summed E-state index contributed by atoms with van der Waals surface area (Å²) in [6.45, 7) is 1.46. The van der Waals surface area contributed by atoms with E-state index in [-0.39, 0.29) is 23.7 Å². The second-order valence-corrected chi connectivity index (χ2v) is 5.65. The molecule has 0 aliphatic carbocycles. The van der Waals surface area contributed by atoms with Gasteiger partial charge in [-0.1, -0.05) is 12.1 Å². The first-order valence-corrected chi connectivity index (χ1v) is 6.62. The summed E-state index contributed by atoms with van der Waals surface area (Å²) in [6.07, 6.45) is -5.18. The lowest BCUT2D eigenvalue weighted by Gasteiger charge is -2.24. The van der Waals surface area contributed by atoms with Crippen LogP contribution in [0.4, 0.5) is 17.6 Å². The van der Waals surface area contributed by atoms with Crippen molar-refractivity contribution in [3.63, 3.8) is 0 Å². The average Bonchev–Trinajstić information content (AvgIpc) is 2.22. The van der Waals surface area contributed by atoms with Crippen LogP contribution in [-0.2, 0) is 6.42 Å². The molecule has 6 heteroatoms. The van der Waals surface area contributed by atoms with Gasteiger partial charge in [0.15, 0.2) is 0 Å². The van der Waals surface area contributed by atoms with Crippen molar-refractivity contribution in [2.45, 2.75) is 44.4 Å². The van der Waals surface area contributed by atoms with Gasteiger partial charge < -0.3 is 5.11 Å². The van der Waals surface area contributed by atoms with Crippen LogP contribution in [0, 0.1) is 5.82 Å². The van der Waals surface area contributed by atoms with Crippen LogP contribution in [0.1, 0.15) is 31.7 Å².